The van der Waals surface area contributed by atoms with Gasteiger partial charge >= 0.3 is 0 Å². The van der Waals surface area contributed by atoms with E-state index in [0.29, 0.717) is 13.0 Å². The van der Waals surface area contributed by atoms with Crippen LogP contribution in [0.25, 0.3) is 0 Å². The smallest absolute Gasteiger partial charge is 0.224 e. The average Bonchev–Trinajstić information content (AvgIpc) is 2.60. The van der Waals surface area contributed by atoms with Crippen LogP contribution in [0, 0.1) is 12.7 Å². The zero-order valence-electron chi connectivity index (χ0n) is 14.7. The maximum absolute atomic E-state index is 13.1. The number of aliphatic hydroxyl groups excluding tert-OH is 1. The van der Waals surface area contributed by atoms with Gasteiger partial charge < -0.3 is 15.7 Å². The molecule has 3 N–H and O–H groups in total. The number of benzene rings is 2. The Morgan fingerprint density at radius 3 is 2.52 bits per heavy atom. The molecule has 25 heavy (non-hydrogen) atoms. The Morgan fingerprint density at radius 2 is 1.92 bits per heavy atom. The minimum atomic E-state index is -0.226. The molecule has 0 aliphatic carbocycles. The molecule has 0 aliphatic rings. The molecular formula is C20H25FN2O2. The molecule has 1 unspecified atom stereocenters. The van der Waals surface area contributed by atoms with Gasteiger partial charge in [-0.2, -0.15) is 0 Å². The first kappa shape index (κ1) is 18.9. The zero-order chi connectivity index (χ0) is 18.2. The Labute approximate surface area is 148 Å². The SMILES string of the molecule is CCC(CO)NC(=O)Cc1ccc(NCc2ccc(F)cc2C)cc1. The number of hydrogen-bond acceptors (Lipinski definition) is 3. The fraction of sp³-hybridized carbons (Fsp3) is 0.350. The number of hydrogen-bond donors (Lipinski definition) is 3. The van der Waals surface area contributed by atoms with E-state index in [2.05, 4.69) is 10.6 Å². The van der Waals surface area contributed by atoms with Crippen molar-refractivity contribution in [2.75, 3.05) is 11.9 Å². The average molecular weight is 344 g/mol. The van der Waals surface area contributed by atoms with Gasteiger partial charge in [0.15, 0.2) is 0 Å². The van der Waals surface area contributed by atoms with Crippen LogP contribution in [0.4, 0.5) is 10.1 Å². The first-order valence-electron chi connectivity index (χ1n) is 8.50. The molecule has 1 atom stereocenters. The van der Waals surface area contributed by atoms with E-state index in [0.717, 1.165) is 22.4 Å². The molecule has 0 saturated heterocycles. The molecule has 134 valence electrons. The molecule has 0 radical (unpaired) electrons. The monoisotopic (exact) mass is 344 g/mol. The second-order valence-electron chi connectivity index (χ2n) is 6.15. The van der Waals surface area contributed by atoms with E-state index in [9.17, 15) is 9.18 Å². The van der Waals surface area contributed by atoms with Crippen molar-refractivity contribution in [3.05, 3.63) is 65.0 Å². The van der Waals surface area contributed by atoms with Gasteiger partial charge in [-0.15, -0.1) is 0 Å². The second-order valence-corrected chi connectivity index (χ2v) is 6.15. The molecule has 4 nitrogen and oxygen atoms in total. The third kappa shape index (κ3) is 5.87. The largest absolute Gasteiger partial charge is 0.394 e. The molecule has 2 aromatic rings. The number of nitrogens with one attached hydrogen (secondary N) is 2. The Bertz CT molecular complexity index is 697. The van der Waals surface area contributed by atoms with E-state index < -0.39 is 0 Å². The minimum Gasteiger partial charge on any atom is -0.394 e. The van der Waals surface area contributed by atoms with Crippen molar-refractivity contribution >= 4 is 11.6 Å². The lowest BCUT2D eigenvalue weighted by Gasteiger charge is -2.14. The quantitative estimate of drug-likeness (QED) is 0.689. The Hall–Kier alpha value is -2.40. The van der Waals surface area contributed by atoms with E-state index in [1.807, 2.05) is 38.1 Å². The van der Waals surface area contributed by atoms with Crippen LogP contribution in [0.2, 0.25) is 0 Å². The van der Waals surface area contributed by atoms with Crippen LogP contribution in [-0.4, -0.2) is 23.7 Å². The lowest BCUT2D eigenvalue weighted by atomic mass is 10.1. The molecule has 0 bridgehead atoms. The fourth-order valence-electron chi connectivity index (χ4n) is 2.54. The van der Waals surface area contributed by atoms with Gasteiger partial charge in [-0.1, -0.05) is 25.1 Å². The summed E-state index contributed by atoms with van der Waals surface area (Å²) in [5.41, 5.74) is 3.80. The molecule has 5 heteroatoms. The second kappa shape index (κ2) is 9.18. The van der Waals surface area contributed by atoms with E-state index in [4.69, 9.17) is 5.11 Å². The normalized spacial score (nSPS) is 11.8. The van der Waals surface area contributed by atoms with Crippen LogP contribution < -0.4 is 10.6 Å². The molecule has 2 rings (SSSR count). The third-order valence-corrected chi connectivity index (χ3v) is 4.18. The molecule has 0 heterocycles. The van der Waals surface area contributed by atoms with Gasteiger partial charge in [0.2, 0.25) is 5.91 Å². The van der Waals surface area contributed by atoms with Gasteiger partial charge in [0.1, 0.15) is 5.82 Å². The van der Waals surface area contributed by atoms with Gasteiger partial charge in [-0.05, 0) is 54.3 Å². The summed E-state index contributed by atoms with van der Waals surface area (Å²) in [5.74, 6) is -0.320. The van der Waals surface area contributed by atoms with E-state index in [1.54, 1.807) is 6.07 Å². The highest BCUT2D eigenvalue weighted by Crippen LogP contribution is 2.15. The Morgan fingerprint density at radius 1 is 1.20 bits per heavy atom. The van der Waals surface area contributed by atoms with Crippen molar-refractivity contribution in [3.8, 4) is 0 Å². The van der Waals surface area contributed by atoms with Gasteiger partial charge in [0.25, 0.3) is 0 Å². The highest BCUT2D eigenvalue weighted by atomic mass is 19.1. The lowest BCUT2D eigenvalue weighted by Crippen LogP contribution is -2.37. The molecule has 0 aliphatic heterocycles. The molecule has 1 amide bonds. The number of carbonyl (C=O) groups is 1. The molecular weight excluding hydrogens is 319 g/mol. The number of aliphatic hydroxyl groups is 1. The standard InChI is InChI=1S/C20H25FN2O2/c1-3-18(13-24)23-20(25)11-15-4-8-19(9-5-15)22-12-16-6-7-17(21)10-14(16)2/h4-10,18,22,24H,3,11-13H2,1-2H3,(H,23,25). The molecule has 0 spiro atoms. The fourth-order valence-corrected chi connectivity index (χ4v) is 2.54. The van der Waals surface area contributed by atoms with Crippen molar-refractivity contribution in [1.29, 1.82) is 0 Å². The summed E-state index contributed by atoms with van der Waals surface area (Å²) in [6.07, 6.45) is 0.988. The van der Waals surface area contributed by atoms with Gasteiger partial charge in [-0.3, -0.25) is 4.79 Å². The first-order valence-corrected chi connectivity index (χ1v) is 8.50. The highest BCUT2D eigenvalue weighted by Gasteiger charge is 2.09. The molecule has 0 saturated carbocycles. The van der Waals surface area contributed by atoms with Gasteiger partial charge in [0.05, 0.1) is 19.1 Å². The summed E-state index contributed by atoms with van der Waals surface area (Å²) in [5, 5.41) is 15.2. The van der Waals surface area contributed by atoms with Crippen molar-refractivity contribution in [3.63, 3.8) is 0 Å². The highest BCUT2D eigenvalue weighted by molar-refractivity contribution is 5.79. The van der Waals surface area contributed by atoms with Crippen molar-refractivity contribution in [2.24, 2.45) is 0 Å². The lowest BCUT2D eigenvalue weighted by molar-refractivity contribution is -0.121. The number of amides is 1. The maximum Gasteiger partial charge on any atom is 0.224 e. The maximum atomic E-state index is 13.1. The molecule has 0 aromatic heterocycles. The van der Waals surface area contributed by atoms with Crippen LogP contribution in [0.1, 0.15) is 30.0 Å². The van der Waals surface area contributed by atoms with Crippen LogP contribution in [0.5, 0.6) is 0 Å². The van der Waals surface area contributed by atoms with E-state index >= 15 is 0 Å². The Balaban J connectivity index is 1.88. The van der Waals surface area contributed by atoms with Crippen LogP contribution in [0.3, 0.4) is 0 Å². The number of halogens is 1. The summed E-state index contributed by atoms with van der Waals surface area (Å²) in [7, 11) is 0. The summed E-state index contributed by atoms with van der Waals surface area (Å²) in [4.78, 5) is 11.9. The number of aryl methyl sites for hydroxylation is 1. The summed E-state index contributed by atoms with van der Waals surface area (Å²) in [6.45, 7) is 4.37. The predicted octanol–water partition coefficient (Wildman–Crippen LogP) is 3.18. The van der Waals surface area contributed by atoms with Gasteiger partial charge in [-0.25, -0.2) is 4.39 Å². The first-order chi connectivity index (χ1) is 12.0. The van der Waals surface area contributed by atoms with Crippen LogP contribution >= 0.6 is 0 Å². The summed E-state index contributed by atoms with van der Waals surface area (Å²) >= 11 is 0. The van der Waals surface area contributed by atoms with E-state index in [-0.39, 0.29) is 30.8 Å². The number of rotatable bonds is 8. The van der Waals surface area contributed by atoms with Crippen LogP contribution in [0.15, 0.2) is 42.5 Å². The molecule has 2 aromatic carbocycles. The van der Waals surface area contributed by atoms with Gasteiger partial charge in [0, 0.05) is 12.2 Å². The zero-order valence-corrected chi connectivity index (χ0v) is 14.7. The van der Waals surface area contributed by atoms with Crippen molar-refractivity contribution in [1.82, 2.24) is 5.32 Å². The topological polar surface area (TPSA) is 61.4 Å². The third-order valence-electron chi connectivity index (χ3n) is 4.18. The van der Waals surface area contributed by atoms with E-state index in [1.165, 1.54) is 12.1 Å². The summed E-state index contributed by atoms with van der Waals surface area (Å²) in [6, 6.07) is 12.2. The summed E-state index contributed by atoms with van der Waals surface area (Å²) < 4.78 is 13.1. The predicted molar refractivity (Wildman–Crippen MR) is 97.9 cm³/mol. The number of carbonyl (C=O) groups excluding carboxylic acids is 1. The minimum absolute atomic E-state index is 0.0477. The van der Waals surface area contributed by atoms with Crippen LogP contribution in [-0.2, 0) is 17.8 Å². The number of anilines is 1. The van der Waals surface area contributed by atoms with Crippen molar-refractivity contribution in [2.45, 2.75) is 39.3 Å². The van der Waals surface area contributed by atoms with Crippen molar-refractivity contribution < 1.29 is 14.3 Å². The Kier molecular flexibility index (Phi) is 6.95. The molecule has 0 fully saturated rings.